The summed E-state index contributed by atoms with van der Waals surface area (Å²) in [5, 5.41) is 3.26. The summed E-state index contributed by atoms with van der Waals surface area (Å²) in [6.45, 7) is 0. The minimum Gasteiger partial charge on any atom is -0.469 e. The molecule has 146 valence electrons. The van der Waals surface area contributed by atoms with Gasteiger partial charge in [-0.05, 0) is 24.6 Å². The highest BCUT2D eigenvalue weighted by Gasteiger charge is 2.35. The molecule has 1 aromatic rings. The summed E-state index contributed by atoms with van der Waals surface area (Å²) in [5.41, 5.74) is 0.349. The Kier molecular flexibility index (Phi) is 7.24. The van der Waals surface area contributed by atoms with Gasteiger partial charge in [-0.2, -0.15) is 0 Å². The molecule has 1 aliphatic rings. The predicted octanol–water partition coefficient (Wildman–Crippen LogP) is 2.52. The van der Waals surface area contributed by atoms with Crippen LogP contribution in [0.15, 0.2) is 30.4 Å². The number of amides is 2. The van der Waals surface area contributed by atoms with E-state index < -0.39 is 23.8 Å². The van der Waals surface area contributed by atoms with Gasteiger partial charge >= 0.3 is 5.97 Å². The van der Waals surface area contributed by atoms with Crippen molar-refractivity contribution in [3.63, 3.8) is 0 Å². The van der Waals surface area contributed by atoms with Crippen molar-refractivity contribution < 1.29 is 23.9 Å². The molecule has 0 aliphatic heterocycles. The average Bonchev–Trinajstić information content (AvgIpc) is 3.10. The highest BCUT2D eigenvalue weighted by atomic mass is 35.5. The molecule has 7 nitrogen and oxygen atoms in total. The van der Waals surface area contributed by atoms with E-state index in [0.717, 1.165) is 0 Å². The Labute approximate surface area is 167 Å². The minimum absolute atomic E-state index is 0.340. The Hall–Kier alpha value is -2.09. The van der Waals surface area contributed by atoms with Crippen LogP contribution in [0, 0.1) is 5.92 Å². The summed E-state index contributed by atoms with van der Waals surface area (Å²) >= 11 is 11.8. The van der Waals surface area contributed by atoms with Crippen molar-refractivity contribution in [1.82, 2.24) is 4.90 Å². The maximum atomic E-state index is 12.7. The van der Waals surface area contributed by atoms with Crippen LogP contribution < -0.4 is 5.32 Å². The number of benzene rings is 1. The van der Waals surface area contributed by atoms with Crippen molar-refractivity contribution in [3.05, 3.63) is 40.4 Å². The number of rotatable bonds is 6. The Morgan fingerprint density at radius 1 is 1.15 bits per heavy atom. The zero-order chi connectivity index (χ0) is 20.1. The molecule has 1 aromatic carbocycles. The second-order valence-electron chi connectivity index (χ2n) is 6.03. The number of hydrogen-bond acceptors (Lipinski definition) is 5. The van der Waals surface area contributed by atoms with Crippen LogP contribution in [0.5, 0.6) is 0 Å². The second-order valence-corrected chi connectivity index (χ2v) is 6.90. The molecular formula is C18H20Cl2N2O5. The van der Waals surface area contributed by atoms with Crippen LogP contribution in [0.2, 0.25) is 10.0 Å². The summed E-state index contributed by atoms with van der Waals surface area (Å²) in [6, 6.07) is 4.20. The molecule has 1 aliphatic carbocycles. The normalized spacial score (nSPS) is 19.4. The van der Waals surface area contributed by atoms with Gasteiger partial charge < -0.3 is 19.7 Å². The van der Waals surface area contributed by atoms with Gasteiger partial charge in [-0.3, -0.25) is 14.4 Å². The number of anilines is 1. The molecule has 2 amide bonds. The molecule has 1 N–H and O–H groups in total. The third-order valence-electron chi connectivity index (χ3n) is 4.24. The fourth-order valence-electron chi connectivity index (χ4n) is 2.80. The van der Waals surface area contributed by atoms with Crippen LogP contribution in [0.1, 0.15) is 6.42 Å². The number of carbonyl (C=O) groups is 3. The van der Waals surface area contributed by atoms with Gasteiger partial charge in [0.25, 0.3) is 11.8 Å². The summed E-state index contributed by atoms with van der Waals surface area (Å²) < 4.78 is 9.81. The van der Waals surface area contributed by atoms with Crippen LogP contribution >= 0.6 is 23.2 Å². The number of hydrogen-bond donors (Lipinski definition) is 1. The number of carbonyl (C=O) groups excluding carboxylic acids is 3. The number of nitrogens with zero attached hydrogens (tertiary/aromatic N) is 1. The van der Waals surface area contributed by atoms with Gasteiger partial charge in [0.1, 0.15) is 0 Å². The minimum atomic E-state index is -1.36. The van der Waals surface area contributed by atoms with Gasteiger partial charge in [-0.1, -0.05) is 35.4 Å². The van der Waals surface area contributed by atoms with Gasteiger partial charge in [0.2, 0.25) is 6.10 Å². The molecule has 0 fully saturated rings. The summed E-state index contributed by atoms with van der Waals surface area (Å²) in [7, 11) is 4.13. The maximum absolute atomic E-state index is 12.7. The van der Waals surface area contributed by atoms with Gasteiger partial charge in [0, 0.05) is 29.9 Å². The van der Waals surface area contributed by atoms with Crippen LogP contribution in [0.25, 0.3) is 0 Å². The van der Waals surface area contributed by atoms with Crippen LogP contribution in [-0.2, 0) is 23.9 Å². The molecule has 0 radical (unpaired) electrons. The molecule has 1 unspecified atom stereocenters. The summed E-state index contributed by atoms with van der Waals surface area (Å²) in [4.78, 5) is 38.2. The number of likely N-dealkylation sites (N-methyl/N-ethyl adjacent to an activating group) is 1. The Morgan fingerprint density at radius 3 is 2.33 bits per heavy atom. The molecule has 27 heavy (non-hydrogen) atoms. The average molecular weight is 415 g/mol. The molecule has 9 heteroatoms. The maximum Gasteiger partial charge on any atom is 0.312 e. The van der Waals surface area contributed by atoms with Crippen molar-refractivity contribution in [1.29, 1.82) is 0 Å². The molecule has 0 saturated heterocycles. The molecular weight excluding hydrogens is 395 g/mol. The van der Waals surface area contributed by atoms with E-state index in [1.807, 2.05) is 0 Å². The first-order valence-electron chi connectivity index (χ1n) is 8.09. The first kappa shape index (κ1) is 21.2. The van der Waals surface area contributed by atoms with Crippen LogP contribution in [0.3, 0.4) is 0 Å². The van der Waals surface area contributed by atoms with E-state index in [1.165, 1.54) is 37.3 Å². The molecule has 0 aromatic heterocycles. The third-order valence-corrected chi connectivity index (χ3v) is 4.67. The van der Waals surface area contributed by atoms with E-state index in [9.17, 15) is 14.4 Å². The standard InChI is InChI=1S/C18H20Cl2N2O5/c1-22(14-5-4-10(6-14)18(25)27-3)17(24)15(26-2)16(23)21-13-8-11(19)7-12(20)9-13/h4-5,7-10,14-15H,6H2,1-3H3,(H,21,23)/t10-,14+,15?/m1/s1. The molecule has 0 bridgehead atoms. The van der Waals surface area contributed by atoms with Crippen molar-refractivity contribution in [2.45, 2.75) is 18.6 Å². The van der Waals surface area contributed by atoms with Crippen LogP contribution in [0.4, 0.5) is 5.69 Å². The fourth-order valence-corrected chi connectivity index (χ4v) is 3.32. The van der Waals surface area contributed by atoms with E-state index in [4.69, 9.17) is 32.7 Å². The van der Waals surface area contributed by atoms with Gasteiger partial charge in [-0.25, -0.2) is 0 Å². The fraction of sp³-hybridized carbons (Fsp3) is 0.389. The molecule has 0 heterocycles. The number of halogens is 2. The number of methoxy groups -OCH3 is 2. The van der Waals surface area contributed by atoms with Crippen molar-refractivity contribution in [2.24, 2.45) is 5.92 Å². The largest absolute Gasteiger partial charge is 0.469 e. The van der Waals surface area contributed by atoms with Crippen molar-refractivity contribution in [3.8, 4) is 0 Å². The molecule has 3 atom stereocenters. The predicted molar refractivity (Wildman–Crippen MR) is 102 cm³/mol. The highest BCUT2D eigenvalue weighted by molar-refractivity contribution is 6.35. The second kappa shape index (κ2) is 9.21. The number of nitrogens with one attached hydrogen (secondary N) is 1. The number of esters is 1. The topological polar surface area (TPSA) is 84.9 Å². The molecule has 2 rings (SSSR count). The highest BCUT2D eigenvalue weighted by Crippen LogP contribution is 2.25. The zero-order valence-corrected chi connectivity index (χ0v) is 16.6. The lowest BCUT2D eigenvalue weighted by Gasteiger charge is -2.27. The lowest BCUT2D eigenvalue weighted by atomic mass is 10.1. The lowest BCUT2D eigenvalue weighted by molar-refractivity contribution is -0.149. The van der Waals surface area contributed by atoms with E-state index in [-0.39, 0.29) is 12.0 Å². The summed E-state index contributed by atoms with van der Waals surface area (Å²) in [5.74, 6) is -1.98. The first-order valence-corrected chi connectivity index (χ1v) is 8.85. The Balaban J connectivity index is 2.05. The molecule has 0 spiro atoms. The van der Waals surface area contributed by atoms with E-state index in [0.29, 0.717) is 22.2 Å². The van der Waals surface area contributed by atoms with E-state index in [2.05, 4.69) is 5.32 Å². The monoisotopic (exact) mass is 414 g/mol. The van der Waals surface area contributed by atoms with E-state index >= 15 is 0 Å². The quantitative estimate of drug-likeness (QED) is 0.439. The first-order chi connectivity index (χ1) is 12.8. The Morgan fingerprint density at radius 2 is 1.78 bits per heavy atom. The SMILES string of the molecule is COC(=O)[C@@H]1C=C[C@H](N(C)C(=O)C(OC)C(=O)Nc2cc(Cl)cc(Cl)c2)C1. The van der Waals surface area contributed by atoms with E-state index in [1.54, 1.807) is 19.2 Å². The van der Waals surface area contributed by atoms with Gasteiger partial charge in [0.15, 0.2) is 0 Å². The Bertz CT molecular complexity index is 748. The van der Waals surface area contributed by atoms with Crippen molar-refractivity contribution in [2.75, 3.05) is 26.6 Å². The zero-order valence-electron chi connectivity index (χ0n) is 15.1. The third kappa shape index (κ3) is 5.22. The molecule has 0 saturated carbocycles. The lowest BCUT2D eigenvalue weighted by Crippen LogP contribution is -2.47. The van der Waals surface area contributed by atoms with Crippen molar-refractivity contribution >= 4 is 46.7 Å². The smallest absolute Gasteiger partial charge is 0.312 e. The van der Waals surface area contributed by atoms with Gasteiger partial charge in [0.05, 0.1) is 19.1 Å². The van der Waals surface area contributed by atoms with Crippen LogP contribution in [-0.4, -0.2) is 56.1 Å². The van der Waals surface area contributed by atoms with Gasteiger partial charge in [-0.15, -0.1) is 0 Å². The summed E-state index contributed by atoms with van der Waals surface area (Å²) in [6.07, 6.45) is 2.45. The number of ether oxygens (including phenoxy) is 2.